The molecule has 0 heterocycles. The van der Waals surface area contributed by atoms with Gasteiger partial charge in [-0.1, -0.05) is 11.6 Å². The summed E-state index contributed by atoms with van der Waals surface area (Å²) >= 11 is 5.87. The van der Waals surface area contributed by atoms with E-state index in [1.165, 1.54) is 0 Å². The molecule has 2 heteroatoms. The fourth-order valence-corrected chi connectivity index (χ4v) is 1.07. The predicted molar refractivity (Wildman–Crippen MR) is 54.6 cm³/mol. The third kappa shape index (κ3) is 2.35. The third-order valence-electron chi connectivity index (χ3n) is 1.49. The maximum Gasteiger partial charge on any atom is 0.0632 e. The molecule has 0 fully saturated rings. The summed E-state index contributed by atoms with van der Waals surface area (Å²) in [5.41, 5.74) is 3.09. The molecule has 0 atom stereocenters. The van der Waals surface area contributed by atoms with Gasteiger partial charge in [0.15, 0.2) is 0 Å². The van der Waals surface area contributed by atoms with Gasteiger partial charge in [-0.3, -0.25) is 4.99 Å². The minimum absolute atomic E-state index is 0.794. The van der Waals surface area contributed by atoms with E-state index in [-0.39, 0.29) is 0 Å². The van der Waals surface area contributed by atoms with Crippen LogP contribution in [0.25, 0.3) is 0 Å². The van der Waals surface area contributed by atoms with Crippen molar-refractivity contribution in [3.63, 3.8) is 0 Å². The van der Waals surface area contributed by atoms with Crippen LogP contribution in [0, 0.1) is 6.92 Å². The number of rotatable bonds is 1. The van der Waals surface area contributed by atoms with Crippen LogP contribution in [0.5, 0.6) is 0 Å². The van der Waals surface area contributed by atoms with Gasteiger partial charge in [0.25, 0.3) is 0 Å². The maximum absolute atomic E-state index is 5.87. The number of hydrogen-bond acceptors (Lipinski definition) is 1. The molecule has 0 radical (unpaired) electrons. The van der Waals surface area contributed by atoms with Gasteiger partial charge in [0.1, 0.15) is 0 Å². The number of halogens is 1. The summed E-state index contributed by atoms with van der Waals surface area (Å²) in [6.07, 6.45) is 0. The molecular formula is C10H12ClN. The van der Waals surface area contributed by atoms with Crippen LogP contribution in [0.1, 0.15) is 19.4 Å². The van der Waals surface area contributed by atoms with Crippen LogP contribution in [0.4, 0.5) is 5.69 Å². The van der Waals surface area contributed by atoms with Crippen LogP contribution in [0.15, 0.2) is 23.2 Å². The number of aryl methyl sites for hydroxylation is 1. The van der Waals surface area contributed by atoms with Gasteiger partial charge < -0.3 is 0 Å². The van der Waals surface area contributed by atoms with Crippen LogP contribution in [-0.4, -0.2) is 5.71 Å². The van der Waals surface area contributed by atoms with Crippen LogP contribution < -0.4 is 0 Å². The molecule has 0 spiro atoms. The Morgan fingerprint density at radius 3 is 2.50 bits per heavy atom. The van der Waals surface area contributed by atoms with Crippen molar-refractivity contribution in [3.05, 3.63) is 28.8 Å². The summed E-state index contributed by atoms with van der Waals surface area (Å²) in [5.74, 6) is 0. The first-order chi connectivity index (χ1) is 5.59. The van der Waals surface area contributed by atoms with E-state index in [0.717, 1.165) is 22.0 Å². The van der Waals surface area contributed by atoms with E-state index in [1.807, 2.05) is 39.0 Å². The second kappa shape index (κ2) is 3.72. The molecule has 1 aromatic carbocycles. The molecule has 1 nitrogen and oxygen atoms in total. The normalized spacial score (nSPS) is 9.67. The molecule has 0 aliphatic carbocycles. The van der Waals surface area contributed by atoms with Crippen molar-refractivity contribution >= 4 is 23.0 Å². The lowest BCUT2D eigenvalue weighted by Crippen LogP contribution is -1.79. The van der Waals surface area contributed by atoms with Gasteiger partial charge in [-0.25, -0.2) is 0 Å². The topological polar surface area (TPSA) is 12.4 Å². The highest BCUT2D eigenvalue weighted by Gasteiger charge is 1.95. The van der Waals surface area contributed by atoms with Gasteiger partial charge >= 0.3 is 0 Å². The Hall–Kier alpha value is -0.820. The van der Waals surface area contributed by atoms with Crippen molar-refractivity contribution in [2.24, 2.45) is 4.99 Å². The summed E-state index contributed by atoms with van der Waals surface area (Å²) < 4.78 is 0. The smallest absolute Gasteiger partial charge is 0.0632 e. The number of aliphatic imine (C=N–C) groups is 1. The Labute approximate surface area is 78.1 Å². The largest absolute Gasteiger partial charge is 0.258 e. The maximum atomic E-state index is 5.87. The Kier molecular flexibility index (Phi) is 2.88. The van der Waals surface area contributed by atoms with E-state index >= 15 is 0 Å². The second-order valence-electron chi connectivity index (χ2n) is 2.99. The van der Waals surface area contributed by atoms with Crippen molar-refractivity contribution in [1.29, 1.82) is 0 Å². The standard InChI is InChI=1S/C10H12ClN/c1-7(2)12-9-4-5-10(11)8(3)6-9/h4-6H,1-3H3. The van der Waals surface area contributed by atoms with Crippen molar-refractivity contribution in [2.75, 3.05) is 0 Å². The Morgan fingerprint density at radius 1 is 1.33 bits per heavy atom. The molecule has 0 bridgehead atoms. The summed E-state index contributed by atoms with van der Waals surface area (Å²) in [6, 6.07) is 5.77. The Bertz CT molecular complexity index is 312. The molecular weight excluding hydrogens is 170 g/mol. The molecule has 0 saturated carbocycles. The number of benzene rings is 1. The molecule has 0 aromatic heterocycles. The number of nitrogens with zero attached hydrogens (tertiary/aromatic N) is 1. The Balaban J connectivity index is 3.05. The van der Waals surface area contributed by atoms with E-state index in [2.05, 4.69) is 4.99 Å². The van der Waals surface area contributed by atoms with Gasteiger partial charge in [0, 0.05) is 10.7 Å². The molecule has 0 aliphatic rings. The van der Waals surface area contributed by atoms with E-state index in [1.54, 1.807) is 0 Å². The lowest BCUT2D eigenvalue weighted by Gasteiger charge is -1.99. The highest BCUT2D eigenvalue weighted by Crippen LogP contribution is 2.21. The van der Waals surface area contributed by atoms with Crippen molar-refractivity contribution in [1.82, 2.24) is 0 Å². The third-order valence-corrected chi connectivity index (χ3v) is 1.92. The highest BCUT2D eigenvalue weighted by atomic mass is 35.5. The van der Waals surface area contributed by atoms with E-state index in [9.17, 15) is 0 Å². The predicted octanol–water partition coefficient (Wildman–Crippen LogP) is 3.76. The zero-order valence-electron chi connectivity index (χ0n) is 7.56. The summed E-state index contributed by atoms with van der Waals surface area (Å²) in [7, 11) is 0. The molecule has 0 saturated heterocycles. The van der Waals surface area contributed by atoms with E-state index in [0.29, 0.717) is 0 Å². The first-order valence-electron chi connectivity index (χ1n) is 3.87. The molecule has 0 N–H and O–H groups in total. The van der Waals surface area contributed by atoms with Crippen LogP contribution >= 0.6 is 11.6 Å². The SMILES string of the molecule is CC(C)=Nc1ccc(Cl)c(C)c1. The van der Waals surface area contributed by atoms with Gasteiger partial charge in [-0.05, 0) is 44.5 Å². The summed E-state index contributed by atoms with van der Waals surface area (Å²) in [4.78, 5) is 4.32. The first-order valence-corrected chi connectivity index (χ1v) is 4.25. The monoisotopic (exact) mass is 181 g/mol. The zero-order chi connectivity index (χ0) is 9.14. The molecule has 1 rings (SSSR count). The molecule has 0 aliphatic heterocycles. The average molecular weight is 182 g/mol. The lowest BCUT2D eigenvalue weighted by atomic mass is 10.2. The fraction of sp³-hybridized carbons (Fsp3) is 0.300. The van der Waals surface area contributed by atoms with Gasteiger partial charge in [0.05, 0.1) is 5.69 Å². The van der Waals surface area contributed by atoms with Crippen LogP contribution in [0.2, 0.25) is 5.02 Å². The van der Waals surface area contributed by atoms with E-state index < -0.39 is 0 Å². The molecule has 0 amide bonds. The average Bonchev–Trinajstić information content (AvgIpc) is 1.96. The fourth-order valence-electron chi connectivity index (χ4n) is 0.957. The van der Waals surface area contributed by atoms with E-state index in [4.69, 9.17) is 11.6 Å². The summed E-state index contributed by atoms with van der Waals surface area (Å²) in [5, 5.41) is 0.794. The van der Waals surface area contributed by atoms with Crippen LogP contribution in [0.3, 0.4) is 0 Å². The number of hydrogen-bond donors (Lipinski definition) is 0. The molecule has 0 unspecified atom stereocenters. The van der Waals surface area contributed by atoms with Gasteiger partial charge in [-0.2, -0.15) is 0 Å². The zero-order valence-corrected chi connectivity index (χ0v) is 8.31. The minimum Gasteiger partial charge on any atom is -0.258 e. The molecule has 64 valence electrons. The lowest BCUT2D eigenvalue weighted by molar-refractivity contribution is 1.41. The first kappa shape index (κ1) is 9.27. The van der Waals surface area contributed by atoms with Crippen LogP contribution in [-0.2, 0) is 0 Å². The highest BCUT2D eigenvalue weighted by molar-refractivity contribution is 6.31. The quantitative estimate of drug-likeness (QED) is 0.585. The van der Waals surface area contributed by atoms with Gasteiger partial charge in [0.2, 0.25) is 0 Å². The van der Waals surface area contributed by atoms with Crippen molar-refractivity contribution in [2.45, 2.75) is 20.8 Å². The Morgan fingerprint density at radius 2 is 2.00 bits per heavy atom. The molecule has 12 heavy (non-hydrogen) atoms. The second-order valence-corrected chi connectivity index (χ2v) is 3.40. The van der Waals surface area contributed by atoms with Crippen molar-refractivity contribution < 1.29 is 0 Å². The van der Waals surface area contributed by atoms with Gasteiger partial charge in [-0.15, -0.1) is 0 Å². The summed E-state index contributed by atoms with van der Waals surface area (Å²) in [6.45, 7) is 5.93. The minimum atomic E-state index is 0.794. The molecule has 1 aromatic rings. The van der Waals surface area contributed by atoms with Crippen molar-refractivity contribution in [3.8, 4) is 0 Å².